The third-order valence-corrected chi connectivity index (χ3v) is 4.67. The predicted octanol–water partition coefficient (Wildman–Crippen LogP) is 4.53. The third kappa shape index (κ3) is 7.90. The molecule has 0 spiro atoms. The van der Waals surface area contributed by atoms with Crippen LogP contribution in [0.3, 0.4) is 0 Å². The molecule has 0 aliphatic rings. The van der Waals surface area contributed by atoms with Crippen LogP contribution in [0.25, 0.3) is 0 Å². The average molecular weight is 427 g/mol. The van der Waals surface area contributed by atoms with Crippen molar-refractivity contribution < 1.29 is 19.5 Å². The number of anilines is 2. The van der Waals surface area contributed by atoms with Crippen molar-refractivity contribution in [1.82, 2.24) is 0 Å². The van der Waals surface area contributed by atoms with Gasteiger partial charge in [0.05, 0.1) is 12.2 Å². The van der Waals surface area contributed by atoms with E-state index >= 15 is 0 Å². The Kier molecular flexibility index (Phi) is 7.97. The van der Waals surface area contributed by atoms with Gasteiger partial charge in [-0.2, -0.15) is 0 Å². The van der Waals surface area contributed by atoms with Gasteiger partial charge >= 0.3 is 5.97 Å². The Labute approximate surface area is 170 Å². The van der Waals surface area contributed by atoms with Crippen LogP contribution in [-0.2, 0) is 14.4 Å². The highest BCUT2D eigenvalue weighted by atomic mass is 35.5. The van der Waals surface area contributed by atoms with Crippen molar-refractivity contribution in [2.45, 2.75) is 17.7 Å². The molecule has 0 aliphatic heterocycles. The Morgan fingerprint density at radius 2 is 1.44 bits per heavy atom. The van der Waals surface area contributed by atoms with E-state index in [1.54, 1.807) is 42.5 Å². The maximum atomic E-state index is 12.0. The number of aliphatic carboxylic acids is 1. The molecule has 0 fully saturated rings. The summed E-state index contributed by atoms with van der Waals surface area (Å²) in [5.41, 5.74) is 1.09. The smallest absolute Gasteiger partial charge is 0.303 e. The van der Waals surface area contributed by atoms with Gasteiger partial charge in [-0.15, -0.1) is 11.8 Å². The number of benzene rings is 2. The summed E-state index contributed by atoms with van der Waals surface area (Å²) in [6.45, 7) is 0. The number of amides is 2. The number of carbonyl (C=O) groups is 3. The topological polar surface area (TPSA) is 95.5 Å². The summed E-state index contributed by atoms with van der Waals surface area (Å²) in [5, 5.41) is 14.8. The first-order valence-corrected chi connectivity index (χ1v) is 9.56. The van der Waals surface area contributed by atoms with Gasteiger partial charge in [0.2, 0.25) is 11.8 Å². The molecule has 142 valence electrons. The van der Waals surface area contributed by atoms with E-state index in [9.17, 15) is 14.4 Å². The summed E-state index contributed by atoms with van der Waals surface area (Å²) in [5.74, 6) is -1.40. The standard InChI is InChI=1S/C18H16Cl2N2O4S/c19-11-7-12(20)9-14(8-11)22-17(24)10-27-15-3-1-13(2-4-15)21-16(23)5-6-18(25)26/h1-4,7-9H,5-6,10H2,(H,21,23)(H,22,24)(H,25,26). The minimum Gasteiger partial charge on any atom is -0.481 e. The highest BCUT2D eigenvalue weighted by Crippen LogP contribution is 2.24. The quantitative estimate of drug-likeness (QED) is 0.538. The van der Waals surface area contributed by atoms with Crippen molar-refractivity contribution in [3.63, 3.8) is 0 Å². The first-order chi connectivity index (χ1) is 12.8. The summed E-state index contributed by atoms with van der Waals surface area (Å²) in [4.78, 5) is 34.9. The number of thioether (sulfide) groups is 1. The molecule has 2 aromatic carbocycles. The van der Waals surface area contributed by atoms with Crippen LogP contribution in [0.1, 0.15) is 12.8 Å². The molecule has 3 N–H and O–H groups in total. The predicted molar refractivity (Wildman–Crippen MR) is 108 cm³/mol. The highest BCUT2D eigenvalue weighted by molar-refractivity contribution is 8.00. The van der Waals surface area contributed by atoms with Crippen molar-refractivity contribution in [2.75, 3.05) is 16.4 Å². The molecule has 6 nitrogen and oxygen atoms in total. The molecule has 2 rings (SSSR count). The number of hydrogen-bond donors (Lipinski definition) is 3. The summed E-state index contributed by atoms with van der Waals surface area (Å²) < 4.78 is 0. The van der Waals surface area contributed by atoms with Crippen LogP contribution in [0.4, 0.5) is 11.4 Å². The lowest BCUT2D eigenvalue weighted by molar-refractivity contribution is -0.138. The van der Waals surface area contributed by atoms with Gasteiger partial charge in [0, 0.05) is 32.7 Å². The van der Waals surface area contributed by atoms with E-state index in [0.717, 1.165) is 4.90 Å². The second-order valence-electron chi connectivity index (χ2n) is 5.46. The number of carboxylic acids is 1. The fourth-order valence-corrected chi connectivity index (χ4v) is 3.27. The fourth-order valence-electron chi connectivity index (χ4n) is 2.05. The lowest BCUT2D eigenvalue weighted by atomic mass is 10.2. The first-order valence-electron chi connectivity index (χ1n) is 7.82. The van der Waals surface area contributed by atoms with Crippen LogP contribution < -0.4 is 10.6 Å². The SMILES string of the molecule is O=C(O)CCC(=O)Nc1ccc(SCC(=O)Nc2cc(Cl)cc(Cl)c2)cc1. The molecule has 27 heavy (non-hydrogen) atoms. The number of nitrogens with one attached hydrogen (secondary N) is 2. The highest BCUT2D eigenvalue weighted by Gasteiger charge is 2.08. The summed E-state index contributed by atoms with van der Waals surface area (Å²) >= 11 is 13.1. The zero-order valence-electron chi connectivity index (χ0n) is 14.0. The maximum Gasteiger partial charge on any atom is 0.303 e. The van der Waals surface area contributed by atoms with Crippen molar-refractivity contribution in [3.05, 3.63) is 52.5 Å². The Balaban J connectivity index is 1.81. The van der Waals surface area contributed by atoms with E-state index in [1.807, 2.05) is 0 Å². The normalized spacial score (nSPS) is 10.3. The fraction of sp³-hybridized carbons (Fsp3) is 0.167. The largest absolute Gasteiger partial charge is 0.481 e. The Morgan fingerprint density at radius 1 is 0.852 bits per heavy atom. The van der Waals surface area contributed by atoms with Gasteiger partial charge in [-0.25, -0.2) is 0 Å². The van der Waals surface area contributed by atoms with Crippen LogP contribution in [-0.4, -0.2) is 28.6 Å². The van der Waals surface area contributed by atoms with E-state index < -0.39 is 5.97 Å². The molecule has 9 heteroatoms. The van der Waals surface area contributed by atoms with Crippen LogP contribution in [0.15, 0.2) is 47.4 Å². The van der Waals surface area contributed by atoms with Crippen LogP contribution in [0.5, 0.6) is 0 Å². The minimum atomic E-state index is -1.02. The Hall–Kier alpha value is -2.22. The molecule has 0 unspecified atom stereocenters. The monoisotopic (exact) mass is 426 g/mol. The van der Waals surface area contributed by atoms with E-state index in [2.05, 4.69) is 10.6 Å². The van der Waals surface area contributed by atoms with Gasteiger partial charge in [-0.05, 0) is 42.5 Å². The number of rotatable bonds is 8. The number of hydrogen-bond acceptors (Lipinski definition) is 4. The summed E-state index contributed by atoms with van der Waals surface area (Å²) in [7, 11) is 0. The summed E-state index contributed by atoms with van der Waals surface area (Å²) in [6, 6.07) is 11.7. The van der Waals surface area contributed by atoms with Gasteiger partial charge < -0.3 is 15.7 Å². The third-order valence-electron chi connectivity index (χ3n) is 3.22. The molecule has 0 bridgehead atoms. The van der Waals surface area contributed by atoms with Gasteiger partial charge in [-0.3, -0.25) is 14.4 Å². The zero-order chi connectivity index (χ0) is 19.8. The van der Waals surface area contributed by atoms with Crippen LogP contribution in [0.2, 0.25) is 10.0 Å². The number of halogens is 2. The van der Waals surface area contributed by atoms with Gasteiger partial charge in [0.1, 0.15) is 0 Å². The first kappa shape index (κ1) is 21.1. The molecule has 0 saturated heterocycles. The molecule has 0 atom stereocenters. The van der Waals surface area contributed by atoms with Crippen molar-refractivity contribution in [1.29, 1.82) is 0 Å². The average Bonchev–Trinajstić information content (AvgIpc) is 2.58. The lowest BCUT2D eigenvalue weighted by Gasteiger charge is -2.08. The zero-order valence-corrected chi connectivity index (χ0v) is 16.3. The lowest BCUT2D eigenvalue weighted by Crippen LogP contribution is -2.14. The van der Waals surface area contributed by atoms with Crippen molar-refractivity contribution in [3.8, 4) is 0 Å². The van der Waals surface area contributed by atoms with E-state index in [0.29, 0.717) is 21.4 Å². The van der Waals surface area contributed by atoms with Crippen molar-refractivity contribution in [2.24, 2.45) is 0 Å². The van der Waals surface area contributed by atoms with Crippen LogP contribution in [0, 0.1) is 0 Å². The number of carbonyl (C=O) groups excluding carboxylic acids is 2. The van der Waals surface area contributed by atoms with Gasteiger partial charge in [0.25, 0.3) is 0 Å². The Bertz CT molecular complexity index is 824. The molecule has 2 amide bonds. The maximum absolute atomic E-state index is 12.0. The summed E-state index contributed by atoms with van der Waals surface area (Å²) in [6.07, 6.45) is -0.299. The van der Waals surface area contributed by atoms with Crippen LogP contribution >= 0.6 is 35.0 Å². The second-order valence-corrected chi connectivity index (χ2v) is 7.38. The van der Waals surface area contributed by atoms with Crippen molar-refractivity contribution >= 4 is 64.1 Å². The minimum absolute atomic E-state index is 0.0838. The van der Waals surface area contributed by atoms with Gasteiger partial charge in [0.15, 0.2) is 0 Å². The molecule has 0 heterocycles. The van der Waals surface area contributed by atoms with E-state index in [1.165, 1.54) is 11.8 Å². The Morgan fingerprint density at radius 3 is 2.04 bits per heavy atom. The molecular weight excluding hydrogens is 411 g/mol. The molecule has 0 radical (unpaired) electrons. The van der Waals surface area contributed by atoms with E-state index in [4.69, 9.17) is 28.3 Å². The van der Waals surface area contributed by atoms with E-state index in [-0.39, 0.29) is 30.4 Å². The van der Waals surface area contributed by atoms with Gasteiger partial charge in [-0.1, -0.05) is 23.2 Å². The molecule has 2 aromatic rings. The molecular formula is C18H16Cl2N2O4S. The molecule has 0 aromatic heterocycles. The number of carboxylic acid groups (broad SMARTS) is 1. The molecule has 0 aliphatic carbocycles. The second kappa shape index (κ2) is 10.2. The molecule has 0 saturated carbocycles.